The third-order valence-electron chi connectivity index (χ3n) is 3.41. The minimum atomic E-state index is -0.0965. The van der Waals surface area contributed by atoms with Gasteiger partial charge in [0.2, 0.25) is 0 Å². The van der Waals surface area contributed by atoms with Crippen LogP contribution >= 0.6 is 11.6 Å². The predicted molar refractivity (Wildman–Crippen MR) is 86.5 cm³/mol. The van der Waals surface area contributed by atoms with Crippen molar-refractivity contribution in [3.8, 4) is 5.75 Å². The van der Waals surface area contributed by atoms with Gasteiger partial charge in [0.05, 0.1) is 5.88 Å². The van der Waals surface area contributed by atoms with E-state index in [1.54, 1.807) is 0 Å². The number of halogens is 1. The summed E-state index contributed by atoms with van der Waals surface area (Å²) < 4.78 is 5.42. The van der Waals surface area contributed by atoms with E-state index < -0.39 is 0 Å². The molecule has 0 unspecified atom stereocenters. The Morgan fingerprint density at radius 3 is 2.33 bits per heavy atom. The first-order valence-corrected chi connectivity index (χ1v) is 7.67. The van der Waals surface area contributed by atoms with E-state index in [0.717, 1.165) is 17.7 Å². The van der Waals surface area contributed by atoms with Gasteiger partial charge in [-0.2, -0.15) is 0 Å². The van der Waals surface area contributed by atoms with Gasteiger partial charge in [-0.15, -0.1) is 11.6 Å². The molecule has 0 aliphatic carbocycles. The van der Waals surface area contributed by atoms with Crippen molar-refractivity contribution in [2.24, 2.45) is 0 Å². The van der Waals surface area contributed by atoms with Crippen LogP contribution in [0.4, 0.5) is 0 Å². The minimum Gasteiger partial charge on any atom is -0.492 e. The van der Waals surface area contributed by atoms with Gasteiger partial charge < -0.3 is 4.74 Å². The van der Waals surface area contributed by atoms with E-state index in [1.807, 2.05) is 61.5 Å². The van der Waals surface area contributed by atoms with Crippen molar-refractivity contribution in [2.45, 2.75) is 19.3 Å². The first kappa shape index (κ1) is 15.6. The summed E-state index contributed by atoms with van der Waals surface area (Å²) in [6, 6.07) is 17.2. The first-order chi connectivity index (χ1) is 10.3. The van der Waals surface area contributed by atoms with Crippen LogP contribution in [0, 0.1) is 0 Å². The summed E-state index contributed by atoms with van der Waals surface area (Å²) in [5, 5.41) is 0. The number of Topliss-reactive ketones (excluding diaryl/α,β-unsaturated/α-hetero) is 1. The maximum absolute atomic E-state index is 12.6. The predicted octanol–water partition coefficient (Wildman–Crippen LogP) is 4.68. The van der Waals surface area contributed by atoms with Gasteiger partial charge in [-0.3, -0.25) is 4.79 Å². The van der Waals surface area contributed by atoms with Crippen LogP contribution in [0.5, 0.6) is 5.75 Å². The third kappa shape index (κ3) is 4.08. The van der Waals surface area contributed by atoms with E-state index in [4.69, 9.17) is 16.3 Å². The fraction of sp³-hybridized carbons (Fsp3) is 0.278. The van der Waals surface area contributed by atoms with Crippen molar-refractivity contribution in [3.05, 3.63) is 65.7 Å². The molecule has 21 heavy (non-hydrogen) atoms. The van der Waals surface area contributed by atoms with Crippen molar-refractivity contribution in [1.82, 2.24) is 0 Å². The Bertz CT molecular complexity index is 564. The Labute approximate surface area is 130 Å². The lowest BCUT2D eigenvalue weighted by molar-refractivity contribution is 0.0957. The number of hydrogen-bond acceptors (Lipinski definition) is 2. The highest BCUT2D eigenvalue weighted by molar-refractivity contribution is 6.18. The van der Waals surface area contributed by atoms with Gasteiger partial charge in [-0.1, -0.05) is 37.3 Å². The second-order valence-corrected chi connectivity index (χ2v) is 5.18. The number of rotatable bonds is 7. The fourth-order valence-electron chi connectivity index (χ4n) is 2.33. The Balaban J connectivity index is 2.14. The second-order valence-electron chi connectivity index (χ2n) is 4.80. The zero-order chi connectivity index (χ0) is 15.1. The van der Waals surface area contributed by atoms with Crippen LogP contribution in [0.15, 0.2) is 54.6 Å². The smallest absolute Gasteiger partial charge is 0.170 e. The minimum absolute atomic E-state index is 0.0965. The number of ketones is 1. The van der Waals surface area contributed by atoms with Crippen molar-refractivity contribution < 1.29 is 9.53 Å². The Morgan fingerprint density at radius 2 is 1.76 bits per heavy atom. The van der Waals surface area contributed by atoms with Gasteiger partial charge in [0, 0.05) is 11.5 Å². The molecule has 0 aliphatic heterocycles. The zero-order valence-corrected chi connectivity index (χ0v) is 12.8. The van der Waals surface area contributed by atoms with Crippen LogP contribution < -0.4 is 4.74 Å². The Morgan fingerprint density at radius 1 is 1.10 bits per heavy atom. The standard InChI is InChI=1S/C18H19ClO2/c1-2-17(14-6-4-3-5-7-14)18(20)15-8-10-16(11-9-15)21-13-12-19/h3-11,17H,2,12-13H2,1H3/t17-/m0/s1. The Kier molecular flexibility index (Phi) is 5.82. The van der Waals surface area contributed by atoms with Crippen LogP contribution in [0.25, 0.3) is 0 Å². The van der Waals surface area contributed by atoms with E-state index in [-0.39, 0.29) is 11.7 Å². The maximum Gasteiger partial charge on any atom is 0.170 e. The molecule has 0 aliphatic rings. The van der Waals surface area contributed by atoms with Gasteiger partial charge in [-0.25, -0.2) is 0 Å². The highest BCUT2D eigenvalue weighted by atomic mass is 35.5. The van der Waals surface area contributed by atoms with Gasteiger partial charge in [-0.05, 0) is 36.2 Å². The van der Waals surface area contributed by atoms with Gasteiger partial charge >= 0.3 is 0 Å². The second kappa shape index (κ2) is 7.84. The zero-order valence-electron chi connectivity index (χ0n) is 12.1. The van der Waals surface area contributed by atoms with Crippen molar-refractivity contribution in [1.29, 1.82) is 0 Å². The molecule has 1 atom stereocenters. The highest BCUT2D eigenvalue weighted by Gasteiger charge is 2.19. The molecule has 3 heteroatoms. The van der Waals surface area contributed by atoms with Crippen molar-refractivity contribution in [2.75, 3.05) is 12.5 Å². The van der Waals surface area contributed by atoms with Crippen LogP contribution in [0.1, 0.15) is 35.2 Å². The fourth-order valence-corrected chi connectivity index (χ4v) is 2.41. The maximum atomic E-state index is 12.6. The molecular weight excluding hydrogens is 284 g/mol. The number of ether oxygens (including phenoxy) is 1. The summed E-state index contributed by atoms with van der Waals surface area (Å²) >= 11 is 5.58. The quantitative estimate of drug-likeness (QED) is 0.548. The molecule has 0 amide bonds. The molecule has 110 valence electrons. The molecule has 0 radical (unpaired) electrons. The van der Waals surface area contributed by atoms with E-state index >= 15 is 0 Å². The number of carbonyl (C=O) groups excluding carboxylic acids is 1. The third-order valence-corrected chi connectivity index (χ3v) is 3.57. The molecule has 0 saturated carbocycles. The lowest BCUT2D eigenvalue weighted by atomic mass is 9.89. The SMILES string of the molecule is CC[C@H](C(=O)c1ccc(OCCCl)cc1)c1ccccc1. The van der Waals surface area contributed by atoms with Crippen LogP contribution in [-0.2, 0) is 0 Å². The molecule has 2 aromatic rings. The largest absolute Gasteiger partial charge is 0.492 e. The summed E-state index contributed by atoms with van der Waals surface area (Å²) in [7, 11) is 0. The van der Waals surface area contributed by atoms with Crippen molar-refractivity contribution >= 4 is 17.4 Å². The van der Waals surface area contributed by atoms with Gasteiger partial charge in [0.25, 0.3) is 0 Å². The average molecular weight is 303 g/mol. The lowest BCUT2D eigenvalue weighted by Crippen LogP contribution is -2.12. The van der Waals surface area contributed by atoms with Gasteiger partial charge in [0.15, 0.2) is 5.78 Å². The summed E-state index contributed by atoms with van der Waals surface area (Å²) in [6.07, 6.45) is 0.785. The van der Waals surface area contributed by atoms with Gasteiger partial charge in [0.1, 0.15) is 12.4 Å². The molecule has 0 spiro atoms. The Hall–Kier alpha value is -1.80. The molecule has 2 aromatic carbocycles. The summed E-state index contributed by atoms with van der Waals surface area (Å²) in [5.41, 5.74) is 1.77. The van der Waals surface area contributed by atoms with Crippen LogP contribution in [-0.4, -0.2) is 18.3 Å². The molecule has 2 nitrogen and oxygen atoms in total. The summed E-state index contributed by atoms with van der Waals surface area (Å²) in [4.78, 5) is 12.6. The number of alkyl halides is 1. The lowest BCUT2D eigenvalue weighted by Gasteiger charge is -2.14. The van der Waals surface area contributed by atoms with E-state index in [0.29, 0.717) is 18.1 Å². The van der Waals surface area contributed by atoms with E-state index in [9.17, 15) is 4.79 Å². The molecule has 0 saturated heterocycles. The summed E-state index contributed by atoms with van der Waals surface area (Å²) in [6.45, 7) is 2.50. The molecule has 0 heterocycles. The molecule has 0 bridgehead atoms. The van der Waals surface area contributed by atoms with Crippen LogP contribution in [0.3, 0.4) is 0 Å². The monoisotopic (exact) mass is 302 g/mol. The topological polar surface area (TPSA) is 26.3 Å². The van der Waals surface area contributed by atoms with E-state index in [1.165, 1.54) is 0 Å². The molecule has 2 rings (SSSR count). The molecule has 0 N–H and O–H groups in total. The molecule has 0 fully saturated rings. The number of benzene rings is 2. The highest BCUT2D eigenvalue weighted by Crippen LogP contribution is 2.25. The van der Waals surface area contributed by atoms with Crippen LogP contribution in [0.2, 0.25) is 0 Å². The van der Waals surface area contributed by atoms with E-state index in [2.05, 4.69) is 0 Å². The average Bonchev–Trinajstić information content (AvgIpc) is 2.55. The first-order valence-electron chi connectivity index (χ1n) is 7.14. The number of carbonyl (C=O) groups is 1. The molecular formula is C18H19ClO2. The number of hydrogen-bond donors (Lipinski definition) is 0. The van der Waals surface area contributed by atoms with Crippen molar-refractivity contribution in [3.63, 3.8) is 0 Å². The summed E-state index contributed by atoms with van der Waals surface area (Å²) in [5.74, 6) is 1.24. The molecule has 0 aromatic heterocycles. The normalized spacial score (nSPS) is 11.9.